The van der Waals surface area contributed by atoms with Crippen molar-refractivity contribution in [3.8, 4) is 0 Å². The molecule has 0 aliphatic carbocycles. The molecule has 3 heterocycles. The van der Waals surface area contributed by atoms with Gasteiger partial charge in [-0.25, -0.2) is 4.98 Å². The van der Waals surface area contributed by atoms with Gasteiger partial charge in [0.15, 0.2) is 0 Å². The molecule has 0 spiro atoms. The van der Waals surface area contributed by atoms with Crippen molar-refractivity contribution in [2.24, 2.45) is 11.8 Å². The van der Waals surface area contributed by atoms with Gasteiger partial charge in [-0.3, -0.25) is 4.79 Å². The van der Waals surface area contributed by atoms with E-state index in [1.165, 1.54) is 31.3 Å². The Morgan fingerprint density at radius 2 is 2.14 bits per heavy atom. The van der Waals surface area contributed by atoms with Crippen LogP contribution in [0.2, 0.25) is 0 Å². The minimum atomic E-state index is -0.0627. The highest BCUT2D eigenvalue weighted by molar-refractivity contribution is 7.98. The molecule has 1 aliphatic rings. The van der Waals surface area contributed by atoms with E-state index in [9.17, 15) is 4.79 Å². The quantitative estimate of drug-likeness (QED) is 0.535. The van der Waals surface area contributed by atoms with E-state index in [-0.39, 0.29) is 5.91 Å². The summed E-state index contributed by atoms with van der Waals surface area (Å²) in [5.74, 6) is 2.88. The molecule has 152 valence electrons. The van der Waals surface area contributed by atoms with E-state index in [1.54, 1.807) is 12.3 Å². The fourth-order valence-electron chi connectivity index (χ4n) is 3.88. The standard InChI is InChI=1S/C21H30N4O2S/c1-15-10-16(2)13-25(12-15)9-5-8-22-20(26)19-6-4-7-23-21(19)28-14-18-11-17(3)27-24-18/h4,6-7,11,15-16H,5,8-10,12-14H2,1-3H3,(H,22,26). The molecule has 0 radical (unpaired) electrons. The lowest BCUT2D eigenvalue weighted by Crippen LogP contribution is -2.40. The first-order valence-electron chi connectivity index (χ1n) is 10.0. The number of carbonyl (C=O) groups excluding carboxylic acids is 1. The van der Waals surface area contributed by atoms with Crippen LogP contribution in [-0.2, 0) is 5.75 Å². The molecule has 3 rings (SSSR count). The summed E-state index contributed by atoms with van der Waals surface area (Å²) in [6.45, 7) is 10.6. The molecule has 0 bridgehead atoms. The van der Waals surface area contributed by atoms with Crippen molar-refractivity contribution in [1.82, 2.24) is 20.4 Å². The van der Waals surface area contributed by atoms with Gasteiger partial charge in [0.05, 0.1) is 11.3 Å². The zero-order valence-corrected chi connectivity index (χ0v) is 17.8. The number of aryl methyl sites for hydroxylation is 1. The zero-order chi connectivity index (χ0) is 19.9. The average molecular weight is 403 g/mol. The van der Waals surface area contributed by atoms with E-state index in [1.807, 2.05) is 19.1 Å². The number of hydrogen-bond acceptors (Lipinski definition) is 6. The topological polar surface area (TPSA) is 71.3 Å². The Bertz CT molecular complexity index is 769. The summed E-state index contributed by atoms with van der Waals surface area (Å²) >= 11 is 1.50. The number of thioether (sulfide) groups is 1. The summed E-state index contributed by atoms with van der Waals surface area (Å²) in [6, 6.07) is 5.53. The molecule has 2 aromatic rings. The van der Waals surface area contributed by atoms with Gasteiger partial charge < -0.3 is 14.7 Å². The predicted octanol–water partition coefficient (Wildman–Crippen LogP) is 3.77. The molecule has 7 heteroatoms. The summed E-state index contributed by atoms with van der Waals surface area (Å²) in [6.07, 6.45) is 4.00. The van der Waals surface area contributed by atoms with Crippen molar-refractivity contribution in [2.75, 3.05) is 26.2 Å². The number of pyridine rings is 1. The van der Waals surface area contributed by atoms with Gasteiger partial charge in [-0.1, -0.05) is 30.8 Å². The summed E-state index contributed by atoms with van der Waals surface area (Å²) in [5.41, 5.74) is 1.47. The van der Waals surface area contributed by atoms with Crippen molar-refractivity contribution < 1.29 is 9.32 Å². The highest BCUT2D eigenvalue weighted by atomic mass is 32.2. The second-order valence-electron chi connectivity index (χ2n) is 7.89. The van der Waals surface area contributed by atoms with Crippen molar-refractivity contribution in [1.29, 1.82) is 0 Å². The van der Waals surface area contributed by atoms with Gasteiger partial charge in [-0.05, 0) is 50.3 Å². The maximum Gasteiger partial charge on any atom is 0.254 e. The van der Waals surface area contributed by atoms with Gasteiger partial charge in [0.1, 0.15) is 10.8 Å². The Labute approximate surface area is 171 Å². The van der Waals surface area contributed by atoms with Crippen LogP contribution in [0.25, 0.3) is 0 Å². The number of hydrogen-bond donors (Lipinski definition) is 1. The Kier molecular flexibility index (Phi) is 7.50. The van der Waals surface area contributed by atoms with Gasteiger partial charge in [0.2, 0.25) is 0 Å². The fraction of sp³-hybridized carbons (Fsp3) is 0.571. The number of piperidine rings is 1. The third-order valence-electron chi connectivity index (χ3n) is 4.93. The van der Waals surface area contributed by atoms with Crippen LogP contribution < -0.4 is 5.32 Å². The van der Waals surface area contributed by atoms with E-state index in [0.717, 1.165) is 41.3 Å². The van der Waals surface area contributed by atoms with Crippen LogP contribution in [0.4, 0.5) is 0 Å². The molecule has 2 aromatic heterocycles. The van der Waals surface area contributed by atoms with Crippen molar-refractivity contribution in [3.63, 3.8) is 0 Å². The lowest BCUT2D eigenvalue weighted by Gasteiger charge is -2.34. The first-order valence-corrected chi connectivity index (χ1v) is 11.0. The molecule has 1 N–H and O–H groups in total. The Hall–Kier alpha value is -1.86. The highest BCUT2D eigenvalue weighted by Crippen LogP contribution is 2.24. The molecule has 1 fully saturated rings. The molecular formula is C21H30N4O2S. The van der Waals surface area contributed by atoms with Gasteiger partial charge in [0.25, 0.3) is 5.91 Å². The molecule has 1 amide bonds. The van der Waals surface area contributed by atoms with Gasteiger partial charge >= 0.3 is 0 Å². The summed E-state index contributed by atoms with van der Waals surface area (Å²) < 4.78 is 5.09. The zero-order valence-electron chi connectivity index (χ0n) is 17.0. The van der Waals surface area contributed by atoms with E-state index in [2.05, 4.69) is 34.2 Å². The number of nitrogens with one attached hydrogen (secondary N) is 1. The number of nitrogens with zero attached hydrogens (tertiary/aromatic N) is 3. The number of rotatable bonds is 8. The molecule has 2 atom stereocenters. The molecule has 0 aromatic carbocycles. The maximum atomic E-state index is 12.6. The number of carbonyl (C=O) groups is 1. The molecule has 1 saturated heterocycles. The van der Waals surface area contributed by atoms with Gasteiger partial charge in [-0.15, -0.1) is 0 Å². The fourth-order valence-corrected chi connectivity index (χ4v) is 4.75. The largest absolute Gasteiger partial charge is 0.361 e. The summed E-state index contributed by atoms with van der Waals surface area (Å²) in [5, 5.41) is 7.76. The third kappa shape index (κ3) is 6.07. The van der Waals surface area contributed by atoms with E-state index in [0.29, 0.717) is 17.9 Å². The van der Waals surface area contributed by atoms with Crippen molar-refractivity contribution in [2.45, 2.75) is 44.4 Å². The molecule has 0 saturated carbocycles. The maximum absolute atomic E-state index is 12.6. The Balaban J connectivity index is 1.46. The summed E-state index contributed by atoms with van der Waals surface area (Å²) in [7, 11) is 0. The molecule has 2 unspecified atom stereocenters. The number of aromatic nitrogens is 2. The third-order valence-corrected chi connectivity index (χ3v) is 5.97. The van der Waals surface area contributed by atoms with E-state index < -0.39 is 0 Å². The van der Waals surface area contributed by atoms with Crippen LogP contribution in [0.5, 0.6) is 0 Å². The monoisotopic (exact) mass is 402 g/mol. The Morgan fingerprint density at radius 3 is 2.86 bits per heavy atom. The molecular weight excluding hydrogens is 372 g/mol. The molecule has 1 aliphatic heterocycles. The average Bonchev–Trinajstić information content (AvgIpc) is 3.08. The van der Waals surface area contributed by atoms with Crippen LogP contribution in [0.3, 0.4) is 0 Å². The minimum absolute atomic E-state index is 0.0627. The Morgan fingerprint density at radius 1 is 1.36 bits per heavy atom. The predicted molar refractivity (Wildman–Crippen MR) is 111 cm³/mol. The lowest BCUT2D eigenvalue weighted by molar-refractivity contribution is 0.0943. The van der Waals surface area contributed by atoms with Crippen LogP contribution in [-0.4, -0.2) is 47.1 Å². The minimum Gasteiger partial charge on any atom is -0.361 e. The lowest BCUT2D eigenvalue weighted by atomic mass is 9.92. The number of amides is 1. The number of likely N-dealkylation sites (tertiary alicyclic amines) is 1. The van der Waals surface area contributed by atoms with Gasteiger partial charge in [-0.2, -0.15) is 0 Å². The highest BCUT2D eigenvalue weighted by Gasteiger charge is 2.21. The normalized spacial score (nSPS) is 20.2. The van der Waals surface area contributed by atoms with Crippen LogP contribution in [0, 0.1) is 18.8 Å². The second kappa shape index (κ2) is 10.1. The van der Waals surface area contributed by atoms with Crippen LogP contribution >= 0.6 is 11.8 Å². The first-order chi connectivity index (χ1) is 13.5. The summed E-state index contributed by atoms with van der Waals surface area (Å²) in [4.78, 5) is 19.5. The van der Waals surface area contributed by atoms with E-state index >= 15 is 0 Å². The van der Waals surface area contributed by atoms with Crippen LogP contribution in [0.1, 0.15) is 48.5 Å². The van der Waals surface area contributed by atoms with Gasteiger partial charge in [0, 0.05) is 37.7 Å². The van der Waals surface area contributed by atoms with Crippen molar-refractivity contribution >= 4 is 17.7 Å². The first kappa shape index (κ1) is 20.9. The molecule has 28 heavy (non-hydrogen) atoms. The van der Waals surface area contributed by atoms with Crippen molar-refractivity contribution in [3.05, 3.63) is 41.4 Å². The molecule has 6 nitrogen and oxygen atoms in total. The van der Waals surface area contributed by atoms with E-state index in [4.69, 9.17) is 4.52 Å². The SMILES string of the molecule is Cc1cc(CSc2ncccc2C(=O)NCCCN2CC(C)CC(C)C2)no1. The smallest absolute Gasteiger partial charge is 0.254 e. The van der Waals surface area contributed by atoms with Crippen LogP contribution in [0.15, 0.2) is 33.9 Å². The second-order valence-corrected chi connectivity index (χ2v) is 8.85.